The van der Waals surface area contributed by atoms with Crippen LogP contribution in [-0.4, -0.2) is 22.8 Å². The fraction of sp³-hybridized carbons (Fsp3) is 0.529. The van der Waals surface area contributed by atoms with Gasteiger partial charge in [-0.2, -0.15) is 5.26 Å². The maximum atomic E-state index is 14.1. The van der Waals surface area contributed by atoms with Gasteiger partial charge in [0.25, 0.3) is 5.92 Å². The van der Waals surface area contributed by atoms with Gasteiger partial charge in [-0.1, -0.05) is 6.92 Å². The Bertz CT molecular complexity index is 683. The molecule has 3 nitrogen and oxygen atoms in total. The summed E-state index contributed by atoms with van der Waals surface area (Å²) in [4.78, 5) is 14.1. The average molecular weight is 322 g/mol. The predicted molar refractivity (Wildman–Crippen MR) is 77.1 cm³/mol. The number of halogens is 3. The molecule has 2 aliphatic heterocycles. The number of alkyl halides is 2. The standard InChI is InChI=1S/C17H17F3N2O/c1-2-14-16(23)22-13(8-17(14,19)20)3-4-15(22)11-5-10(9-21)6-12(18)7-11/h5-7,13-15H,2-4,8H2,1H3/t13-,14?,15-/m1/s1. The summed E-state index contributed by atoms with van der Waals surface area (Å²) in [5.41, 5.74) is 0.683. The Morgan fingerprint density at radius 2 is 2.09 bits per heavy atom. The molecule has 1 aromatic rings. The molecule has 0 aliphatic carbocycles. The molecule has 3 atom stereocenters. The largest absolute Gasteiger partial charge is 0.332 e. The number of nitriles is 1. The molecule has 0 saturated carbocycles. The number of piperidine rings is 1. The zero-order valence-electron chi connectivity index (χ0n) is 12.7. The molecule has 0 N–H and O–H groups in total. The van der Waals surface area contributed by atoms with E-state index in [1.807, 2.05) is 6.07 Å². The normalized spacial score (nSPS) is 29.3. The third-order valence-electron chi connectivity index (χ3n) is 4.91. The lowest BCUT2D eigenvalue weighted by Gasteiger charge is -2.42. The van der Waals surface area contributed by atoms with Crippen molar-refractivity contribution >= 4 is 5.91 Å². The van der Waals surface area contributed by atoms with E-state index in [2.05, 4.69) is 0 Å². The number of amides is 1. The summed E-state index contributed by atoms with van der Waals surface area (Å²) in [7, 11) is 0. The summed E-state index contributed by atoms with van der Waals surface area (Å²) >= 11 is 0. The third kappa shape index (κ3) is 2.58. The molecule has 0 radical (unpaired) electrons. The lowest BCUT2D eigenvalue weighted by molar-refractivity contribution is -0.170. The van der Waals surface area contributed by atoms with Crippen LogP contribution < -0.4 is 0 Å². The number of hydrogen-bond donors (Lipinski definition) is 0. The van der Waals surface area contributed by atoms with Gasteiger partial charge in [0.1, 0.15) is 11.7 Å². The Balaban J connectivity index is 1.97. The van der Waals surface area contributed by atoms with E-state index in [-0.39, 0.29) is 18.4 Å². The Kier molecular flexibility index (Phi) is 3.83. The van der Waals surface area contributed by atoms with Crippen LogP contribution in [0.2, 0.25) is 0 Å². The number of fused-ring (bicyclic) bond motifs is 1. The summed E-state index contributed by atoms with van der Waals surface area (Å²) in [6.45, 7) is 1.58. The monoisotopic (exact) mass is 322 g/mol. The second-order valence-electron chi connectivity index (χ2n) is 6.30. The number of benzene rings is 1. The van der Waals surface area contributed by atoms with E-state index in [0.717, 1.165) is 6.07 Å². The van der Waals surface area contributed by atoms with Crippen LogP contribution in [0.3, 0.4) is 0 Å². The van der Waals surface area contributed by atoms with Gasteiger partial charge in [-0.3, -0.25) is 4.79 Å². The SMILES string of the molecule is CCC1C(=O)N2[C@H](CC[C@@H]2c2cc(F)cc(C#N)c2)CC1(F)F. The van der Waals surface area contributed by atoms with Gasteiger partial charge in [-0.05, 0) is 43.0 Å². The Morgan fingerprint density at radius 1 is 1.35 bits per heavy atom. The molecule has 2 heterocycles. The maximum absolute atomic E-state index is 14.1. The summed E-state index contributed by atoms with van der Waals surface area (Å²) in [5.74, 6) is -5.41. The minimum absolute atomic E-state index is 0.0777. The summed E-state index contributed by atoms with van der Waals surface area (Å²) in [6.07, 6.45) is 0.723. The first-order chi connectivity index (χ1) is 10.9. The Labute approximate surface area is 132 Å². The third-order valence-corrected chi connectivity index (χ3v) is 4.91. The van der Waals surface area contributed by atoms with Crippen LogP contribution in [0.1, 0.15) is 49.8 Å². The van der Waals surface area contributed by atoms with Gasteiger partial charge in [0.15, 0.2) is 0 Å². The van der Waals surface area contributed by atoms with Gasteiger partial charge < -0.3 is 4.90 Å². The number of rotatable bonds is 2. The van der Waals surface area contributed by atoms with Crippen molar-refractivity contribution in [3.8, 4) is 6.07 Å². The highest BCUT2D eigenvalue weighted by Crippen LogP contribution is 2.48. The minimum Gasteiger partial charge on any atom is -0.332 e. The van der Waals surface area contributed by atoms with Crippen LogP contribution >= 0.6 is 0 Å². The Hall–Kier alpha value is -2.03. The van der Waals surface area contributed by atoms with Crippen molar-refractivity contribution in [1.82, 2.24) is 4.90 Å². The van der Waals surface area contributed by atoms with Crippen LogP contribution in [0, 0.1) is 23.1 Å². The molecular formula is C17H17F3N2O. The second-order valence-corrected chi connectivity index (χ2v) is 6.30. The van der Waals surface area contributed by atoms with E-state index in [1.165, 1.54) is 17.0 Å². The molecule has 2 aliphatic rings. The fourth-order valence-corrected chi connectivity index (χ4v) is 3.90. The quantitative estimate of drug-likeness (QED) is 0.831. The first-order valence-corrected chi connectivity index (χ1v) is 7.78. The van der Waals surface area contributed by atoms with Crippen molar-refractivity contribution < 1.29 is 18.0 Å². The number of carbonyl (C=O) groups excluding carboxylic acids is 1. The highest BCUT2D eigenvalue weighted by atomic mass is 19.3. The van der Waals surface area contributed by atoms with Gasteiger partial charge in [0, 0.05) is 12.5 Å². The molecule has 1 amide bonds. The van der Waals surface area contributed by atoms with E-state index in [0.29, 0.717) is 18.4 Å². The number of carbonyl (C=O) groups is 1. The highest BCUT2D eigenvalue weighted by molar-refractivity contribution is 5.82. The summed E-state index contributed by atoms with van der Waals surface area (Å²) in [5, 5.41) is 8.97. The first kappa shape index (κ1) is 15.9. The van der Waals surface area contributed by atoms with E-state index >= 15 is 0 Å². The molecule has 0 spiro atoms. The smallest absolute Gasteiger partial charge is 0.261 e. The van der Waals surface area contributed by atoms with E-state index in [4.69, 9.17) is 5.26 Å². The molecular weight excluding hydrogens is 305 g/mol. The average Bonchev–Trinajstić information content (AvgIpc) is 2.89. The molecule has 23 heavy (non-hydrogen) atoms. The topological polar surface area (TPSA) is 44.1 Å². The molecule has 2 fully saturated rings. The van der Waals surface area contributed by atoms with Gasteiger partial charge in [0.05, 0.1) is 17.7 Å². The minimum atomic E-state index is -2.98. The predicted octanol–water partition coefficient (Wildman–Crippen LogP) is 3.79. The van der Waals surface area contributed by atoms with Gasteiger partial charge >= 0.3 is 0 Å². The molecule has 1 aromatic carbocycles. The van der Waals surface area contributed by atoms with Crippen LogP contribution in [-0.2, 0) is 4.79 Å². The summed E-state index contributed by atoms with van der Waals surface area (Å²) < 4.78 is 41.9. The Morgan fingerprint density at radius 3 is 2.74 bits per heavy atom. The molecule has 2 saturated heterocycles. The zero-order chi connectivity index (χ0) is 16.8. The highest BCUT2D eigenvalue weighted by Gasteiger charge is 2.55. The number of nitrogens with zero attached hydrogens (tertiary/aromatic N) is 2. The van der Waals surface area contributed by atoms with E-state index in [9.17, 15) is 18.0 Å². The molecule has 0 bridgehead atoms. The molecule has 1 unspecified atom stereocenters. The second kappa shape index (κ2) is 5.55. The maximum Gasteiger partial charge on any atom is 0.261 e. The molecule has 0 aromatic heterocycles. The summed E-state index contributed by atoms with van der Waals surface area (Å²) in [6, 6.07) is 4.89. The zero-order valence-corrected chi connectivity index (χ0v) is 12.7. The van der Waals surface area contributed by atoms with Crippen molar-refractivity contribution in [3.63, 3.8) is 0 Å². The van der Waals surface area contributed by atoms with Gasteiger partial charge in [-0.15, -0.1) is 0 Å². The number of hydrogen-bond acceptors (Lipinski definition) is 2. The lowest BCUT2D eigenvalue weighted by atomic mass is 9.86. The van der Waals surface area contributed by atoms with Crippen LogP contribution in [0.5, 0.6) is 0 Å². The van der Waals surface area contributed by atoms with Crippen LogP contribution in [0.25, 0.3) is 0 Å². The van der Waals surface area contributed by atoms with Gasteiger partial charge in [0.2, 0.25) is 5.91 Å². The van der Waals surface area contributed by atoms with Crippen molar-refractivity contribution in [3.05, 3.63) is 35.1 Å². The van der Waals surface area contributed by atoms with Crippen molar-refractivity contribution in [2.24, 2.45) is 5.92 Å². The molecule has 122 valence electrons. The van der Waals surface area contributed by atoms with E-state index in [1.54, 1.807) is 6.92 Å². The molecule has 6 heteroatoms. The van der Waals surface area contributed by atoms with Gasteiger partial charge in [-0.25, -0.2) is 13.2 Å². The van der Waals surface area contributed by atoms with E-state index < -0.39 is 35.6 Å². The lowest BCUT2D eigenvalue weighted by Crippen LogP contribution is -2.54. The van der Waals surface area contributed by atoms with Crippen molar-refractivity contribution in [2.75, 3.05) is 0 Å². The van der Waals surface area contributed by atoms with Crippen LogP contribution in [0.15, 0.2) is 18.2 Å². The fourth-order valence-electron chi connectivity index (χ4n) is 3.90. The molecule has 3 rings (SSSR count). The van der Waals surface area contributed by atoms with Crippen LogP contribution in [0.4, 0.5) is 13.2 Å². The van der Waals surface area contributed by atoms with Crippen molar-refractivity contribution in [1.29, 1.82) is 5.26 Å². The first-order valence-electron chi connectivity index (χ1n) is 7.78. The van der Waals surface area contributed by atoms with Crippen molar-refractivity contribution in [2.45, 2.75) is 50.6 Å².